The number of halogens is 1. The maximum Gasteiger partial charge on any atom is 0.406 e. The molecule has 45 heavy (non-hydrogen) atoms. The fourth-order valence-corrected chi connectivity index (χ4v) is 6.61. The Balaban J connectivity index is 1.73. The van der Waals surface area contributed by atoms with Gasteiger partial charge in [-0.15, -0.1) is 0 Å². The molecule has 1 aliphatic heterocycles. The van der Waals surface area contributed by atoms with Crippen molar-refractivity contribution in [2.24, 2.45) is 11.7 Å². The fraction of sp³-hybridized carbons (Fsp3) is 0.400. The third-order valence-electron chi connectivity index (χ3n) is 8.64. The number of hydrogen-bond donors (Lipinski definition) is 4. The molecule has 4 rings (SSSR count). The van der Waals surface area contributed by atoms with Crippen LogP contribution in [0, 0.1) is 5.92 Å². The van der Waals surface area contributed by atoms with Gasteiger partial charge in [-0.25, -0.2) is 4.79 Å². The number of amides is 3. The average molecular weight is 635 g/mol. The van der Waals surface area contributed by atoms with Gasteiger partial charge in [0, 0.05) is 42.7 Å². The van der Waals surface area contributed by atoms with Crippen molar-refractivity contribution in [3.8, 4) is 11.1 Å². The van der Waals surface area contributed by atoms with Gasteiger partial charge in [0.05, 0.1) is 23.8 Å². The van der Waals surface area contributed by atoms with Crippen LogP contribution >= 0.6 is 11.6 Å². The molecule has 2 atom stereocenters. The highest BCUT2D eigenvalue weighted by molar-refractivity contribution is 6.33. The van der Waals surface area contributed by atoms with Gasteiger partial charge in [0.15, 0.2) is 0 Å². The monoisotopic (exact) mass is 634 g/mol. The molecule has 0 bridgehead atoms. The second kappa shape index (κ2) is 15.4. The van der Waals surface area contributed by atoms with E-state index < -0.39 is 17.6 Å². The van der Waals surface area contributed by atoms with Crippen molar-refractivity contribution in [3.05, 3.63) is 93.5 Å². The molecule has 5 N–H and O–H groups in total. The second-order valence-corrected chi connectivity index (χ2v) is 11.9. The van der Waals surface area contributed by atoms with E-state index >= 15 is 0 Å². The van der Waals surface area contributed by atoms with Gasteiger partial charge >= 0.3 is 6.09 Å². The lowest BCUT2D eigenvalue weighted by Crippen LogP contribution is -2.49. The molecule has 240 valence electrons. The number of methoxy groups -OCH3 is 1. The number of piperidine rings is 1. The lowest BCUT2D eigenvalue weighted by Gasteiger charge is -2.44. The summed E-state index contributed by atoms with van der Waals surface area (Å²) in [4.78, 5) is 39.7. The van der Waals surface area contributed by atoms with Gasteiger partial charge < -0.3 is 31.1 Å². The largest absolute Gasteiger partial charge is 0.453 e. The maximum absolute atomic E-state index is 13.9. The molecule has 3 aromatic carbocycles. The molecule has 1 saturated heterocycles. The summed E-state index contributed by atoms with van der Waals surface area (Å²) in [5, 5.41) is 19.1. The number of benzene rings is 3. The summed E-state index contributed by atoms with van der Waals surface area (Å²) in [5.74, 6) is -1.33. The third kappa shape index (κ3) is 7.84. The summed E-state index contributed by atoms with van der Waals surface area (Å²) < 4.78 is 4.72. The van der Waals surface area contributed by atoms with E-state index in [2.05, 4.69) is 29.7 Å². The van der Waals surface area contributed by atoms with Crippen LogP contribution in [0.5, 0.6) is 0 Å². The second-order valence-electron chi connectivity index (χ2n) is 11.5. The van der Waals surface area contributed by atoms with Crippen molar-refractivity contribution < 1.29 is 24.2 Å². The molecule has 0 aliphatic carbocycles. The summed E-state index contributed by atoms with van der Waals surface area (Å²) in [6.07, 6.45) is 2.38. The van der Waals surface area contributed by atoms with Crippen LogP contribution in [0.2, 0.25) is 5.02 Å². The van der Waals surface area contributed by atoms with E-state index in [0.717, 1.165) is 28.7 Å². The quantitative estimate of drug-likeness (QED) is 0.201. The molecule has 9 nitrogen and oxygen atoms in total. The average Bonchev–Trinajstić information content (AvgIpc) is 3.06. The lowest BCUT2D eigenvalue weighted by atomic mass is 9.72. The highest BCUT2D eigenvalue weighted by Gasteiger charge is 2.43. The molecule has 0 radical (unpaired) electrons. The molecule has 1 heterocycles. The number of nitrogens with two attached hydrogens (primary N) is 1. The number of carbonyl (C=O) groups is 3. The fourth-order valence-electron chi connectivity index (χ4n) is 6.32. The van der Waals surface area contributed by atoms with Gasteiger partial charge in [-0.2, -0.15) is 0 Å². The Labute approximate surface area is 270 Å². The van der Waals surface area contributed by atoms with Crippen molar-refractivity contribution in [1.29, 1.82) is 0 Å². The third-order valence-corrected chi connectivity index (χ3v) is 8.95. The van der Waals surface area contributed by atoms with Crippen LogP contribution in [0.15, 0.2) is 60.7 Å². The molecule has 1 aliphatic rings. The number of aliphatic hydroxyl groups is 1. The molecule has 0 aromatic heterocycles. The van der Waals surface area contributed by atoms with Crippen LogP contribution in [0.4, 0.5) is 4.79 Å². The van der Waals surface area contributed by atoms with Crippen LogP contribution < -0.4 is 16.4 Å². The number of carbonyl (C=O) groups excluding carboxylic acids is 3. The van der Waals surface area contributed by atoms with E-state index in [9.17, 15) is 19.5 Å². The summed E-state index contributed by atoms with van der Waals surface area (Å²) in [7, 11) is 3.11. The van der Waals surface area contributed by atoms with Crippen LogP contribution in [0.25, 0.3) is 11.1 Å². The Morgan fingerprint density at radius 3 is 2.58 bits per heavy atom. The number of alkyl carbamates (subject to hydrolysis) is 1. The van der Waals surface area contributed by atoms with Crippen molar-refractivity contribution in [2.75, 3.05) is 33.8 Å². The zero-order valence-electron chi connectivity index (χ0n) is 26.2. The van der Waals surface area contributed by atoms with Gasteiger partial charge in [0.1, 0.15) is 0 Å². The van der Waals surface area contributed by atoms with E-state index in [4.69, 9.17) is 22.1 Å². The van der Waals surface area contributed by atoms with E-state index in [1.54, 1.807) is 24.1 Å². The first-order valence-electron chi connectivity index (χ1n) is 15.4. The minimum Gasteiger partial charge on any atom is -0.453 e. The van der Waals surface area contributed by atoms with Crippen molar-refractivity contribution >= 4 is 29.5 Å². The first kappa shape index (κ1) is 34.0. The molecular formula is C35H43ClN4O5. The molecule has 1 fully saturated rings. The molecule has 0 saturated carbocycles. The van der Waals surface area contributed by atoms with E-state index in [1.807, 2.05) is 36.4 Å². The minimum atomic E-state index is -1.40. The summed E-state index contributed by atoms with van der Waals surface area (Å²) in [5.41, 5.74) is 9.03. The topological polar surface area (TPSA) is 134 Å². The summed E-state index contributed by atoms with van der Waals surface area (Å²) in [6, 6.07) is 18.8. The molecule has 3 aromatic rings. The molecule has 1 unspecified atom stereocenters. The SMILES string of the molecule is CCc1cccc(-c2c(Cl)cccc2C(O)(CCCNC(=O)OC)[C@@H]2CCCN(C(=O)c3ccc(CNC)cc3C(N)=O)C2)c1. The predicted molar refractivity (Wildman–Crippen MR) is 176 cm³/mol. The number of rotatable bonds is 12. The van der Waals surface area contributed by atoms with Crippen molar-refractivity contribution in [2.45, 2.75) is 51.2 Å². The number of likely N-dealkylation sites (tertiary alicyclic amines) is 1. The highest BCUT2D eigenvalue weighted by Crippen LogP contribution is 2.46. The number of nitrogens with one attached hydrogen (secondary N) is 2. The first-order chi connectivity index (χ1) is 21.6. The lowest BCUT2D eigenvalue weighted by molar-refractivity contribution is -0.0563. The van der Waals surface area contributed by atoms with Crippen LogP contribution in [-0.2, 0) is 23.3 Å². The molecule has 3 amide bonds. The van der Waals surface area contributed by atoms with Crippen LogP contribution in [0.1, 0.15) is 70.0 Å². The van der Waals surface area contributed by atoms with Gasteiger partial charge in [0.25, 0.3) is 5.91 Å². The summed E-state index contributed by atoms with van der Waals surface area (Å²) in [6.45, 7) is 3.65. The molecule has 10 heteroatoms. The first-order valence-corrected chi connectivity index (χ1v) is 15.8. The van der Waals surface area contributed by atoms with Gasteiger partial charge in [0.2, 0.25) is 5.91 Å². The van der Waals surface area contributed by atoms with Crippen molar-refractivity contribution in [3.63, 3.8) is 0 Å². The smallest absolute Gasteiger partial charge is 0.406 e. The van der Waals surface area contributed by atoms with Crippen LogP contribution in [0.3, 0.4) is 0 Å². The number of hydrogen-bond acceptors (Lipinski definition) is 6. The molecular weight excluding hydrogens is 592 g/mol. The van der Waals surface area contributed by atoms with Gasteiger partial charge in [-0.05, 0) is 79.6 Å². The molecule has 0 spiro atoms. The van der Waals surface area contributed by atoms with E-state index in [0.29, 0.717) is 55.9 Å². The standard InChI is InChI=1S/C35H43ClN4O5/c1-4-23-9-5-10-25(19-23)31-29(12-6-13-30(31)36)35(44,16-8-17-39-34(43)45-3)26-11-7-18-40(22-26)33(42)27-15-14-24(21-38-2)20-28(27)32(37)41/h5-6,9-10,12-15,19-20,26,38,44H,4,7-8,11,16-18,21-22H2,1-3H3,(H2,37,41)(H,39,43)/t26-,35?/m1/s1. The number of nitrogens with zero attached hydrogens (tertiary/aromatic N) is 1. The van der Waals surface area contributed by atoms with E-state index in [-0.39, 0.29) is 29.5 Å². The maximum atomic E-state index is 13.9. The Hall–Kier alpha value is -3.92. The van der Waals surface area contributed by atoms with E-state index in [1.165, 1.54) is 7.11 Å². The highest BCUT2D eigenvalue weighted by atomic mass is 35.5. The predicted octanol–water partition coefficient (Wildman–Crippen LogP) is 5.26. The zero-order chi connectivity index (χ0) is 32.6. The Kier molecular flexibility index (Phi) is 11.6. The Bertz CT molecular complexity index is 1530. The number of aryl methyl sites for hydroxylation is 1. The van der Waals surface area contributed by atoms with Gasteiger partial charge in [-0.3, -0.25) is 9.59 Å². The zero-order valence-corrected chi connectivity index (χ0v) is 27.0. The van der Waals surface area contributed by atoms with Gasteiger partial charge in [-0.1, -0.05) is 61.0 Å². The summed E-state index contributed by atoms with van der Waals surface area (Å²) >= 11 is 6.87. The Morgan fingerprint density at radius 1 is 1.09 bits per heavy atom. The number of primary amides is 1. The minimum absolute atomic E-state index is 0.173. The van der Waals surface area contributed by atoms with Crippen LogP contribution in [-0.4, -0.2) is 61.7 Å². The Morgan fingerprint density at radius 2 is 1.87 bits per heavy atom. The normalized spacial score (nSPS) is 16.1. The number of ether oxygens (including phenoxy) is 1. The van der Waals surface area contributed by atoms with Crippen molar-refractivity contribution in [1.82, 2.24) is 15.5 Å².